The van der Waals surface area contributed by atoms with Crippen LogP contribution >= 0.6 is 16.8 Å². The molecular weight excluding hydrogens is 692 g/mol. The first-order valence-electron chi connectivity index (χ1n) is 17.4. The van der Waals surface area contributed by atoms with Gasteiger partial charge in [-0.1, -0.05) is 62.4 Å². The van der Waals surface area contributed by atoms with E-state index in [0.717, 1.165) is 79.5 Å². The zero-order valence-electron chi connectivity index (χ0n) is 30.2. The lowest BCUT2D eigenvalue weighted by molar-refractivity contribution is 0.492. The average Bonchev–Trinajstić information content (AvgIpc) is 3.13. The van der Waals surface area contributed by atoms with Crippen molar-refractivity contribution in [1.29, 1.82) is 0 Å². The van der Waals surface area contributed by atoms with Gasteiger partial charge in [0.15, 0.2) is 0 Å². The Morgan fingerprint density at radius 2 is 0.827 bits per heavy atom. The van der Waals surface area contributed by atoms with Gasteiger partial charge in [-0.25, -0.2) is 8.78 Å². The van der Waals surface area contributed by atoms with Gasteiger partial charge >= 0.3 is 16.8 Å². The summed E-state index contributed by atoms with van der Waals surface area (Å²) in [5.74, 6) is 2.03. The Morgan fingerprint density at radius 1 is 0.462 bits per heavy atom. The summed E-state index contributed by atoms with van der Waals surface area (Å²) in [6.07, 6.45) is 1.56. The minimum Gasteiger partial charge on any atom is -0.435 e. The fraction of sp³-hybridized carbons (Fsp3) is 0.182. The Balaban J connectivity index is 1.48. The van der Waals surface area contributed by atoms with Crippen molar-refractivity contribution in [3.63, 3.8) is 0 Å². The first kappa shape index (κ1) is 37.0. The maximum Gasteiger partial charge on any atom is 0.326 e. The van der Waals surface area contributed by atoms with Crippen molar-refractivity contribution in [1.82, 2.24) is 0 Å². The predicted octanol–water partition coefficient (Wildman–Crippen LogP) is 12.2. The van der Waals surface area contributed by atoms with Gasteiger partial charge in [0, 0.05) is 11.1 Å². The highest BCUT2D eigenvalue weighted by Crippen LogP contribution is 2.51. The summed E-state index contributed by atoms with van der Waals surface area (Å²) in [5, 5.41) is 1.46. The first-order valence-corrected chi connectivity index (χ1v) is 19.7. The molecule has 52 heavy (non-hydrogen) atoms. The second-order valence-corrected chi connectivity index (χ2v) is 15.5. The second kappa shape index (κ2) is 16.7. The van der Waals surface area contributed by atoms with E-state index in [9.17, 15) is 8.78 Å². The number of hydrogen-bond donors (Lipinski definition) is 0. The third kappa shape index (κ3) is 8.64. The average molecular weight is 735 g/mol. The number of rotatable bonds is 13. The van der Waals surface area contributed by atoms with Crippen LogP contribution in [0.4, 0.5) is 8.78 Å². The molecule has 0 heterocycles. The molecule has 0 saturated heterocycles. The molecule has 0 radical (unpaired) electrons. The van der Waals surface area contributed by atoms with Gasteiger partial charge in [-0.3, -0.25) is 0 Å². The van der Waals surface area contributed by atoms with E-state index in [1.165, 1.54) is 24.3 Å². The highest BCUT2D eigenvalue weighted by molar-refractivity contribution is 7.57. The summed E-state index contributed by atoms with van der Waals surface area (Å²) in [4.78, 5) is 0. The van der Waals surface area contributed by atoms with E-state index in [4.69, 9.17) is 18.1 Å². The Bertz CT molecular complexity index is 2000. The number of aryl methyl sites for hydroxylation is 6. The Hall–Kier alpha value is -4.76. The van der Waals surface area contributed by atoms with E-state index in [2.05, 4.69) is 52.0 Å². The number of para-hydroxylation sites is 2. The van der Waals surface area contributed by atoms with Crippen molar-refractivity contribution in [2.45, 2.75) is 54.4 Å². The molecule has 2 unspecified atom stereocenters. The van der Waals surface area contributed by atoms with E-state index in [0.29, 0.717) is 11.5 Å². The van der Waals surface area contributed by atoms with E-state index in [-0.39, 0.29) is 11.6 Å². The molecule has 0 aliphatic rings. The van der Waals surface area contributed by atoms with Crippen LogP contribution in [0.1, 0.15) is 47.2 Å². The van der Waals surface area contributed by atoms with E-state index in [1.54, 1.807) is 24.3 Å². The van der Waals surface area contributed by atoms with Crippen LogP contribution in [0.25, 0.3) is 11.1 Å². The Kier molecular flexibility index (Phi) is 11.9. The molecule has 6 aromatic rings. The van der Waals surface area contributed by atoms with Crippen LogP contribution in [0.3, 0.4) is 0 Å². The summed E-state index contributed by atoms with van der Waals surface area (Å²) in [7, 11) is -3.52. The van der Waals surface area contributed by atoms with Crippen LogP contribution in [-0.2, 0) is 12.8 Å². The third-order valence-electron chi connectivity index (χ3n) is 8.62. The van der Waals surface area contributed by atoms with Gasteiger partial charge in [-0.05, 0) is 147 Å². The van der Waals surface area contributed by atoms with Crippen molar-refractivity contribution < 1.29 is 26.9 Å². The van der Waals surface area contributed by atoms with Gasteiger partial charge in [0.1, 0.15) is 34.6 Å². The number of halogens is 2. The van der Waals surface area contributed by atoms with E-state index < -0.39 is 16.8 Å². The van der Waals surface area contributed by atoms with Crippen LogP contribution in [-0.4, -0.2) is 0 Å². The summed E-state index contributed by atoms with van der Waals surface area (Å²) in [5.41, 5.74) is 7.65. The lowest BCUT2D eigenvalue weighted by Crippen LogP contribution is -2.13. The van der Waals surface area contributed by atoms with Crippen molar-refractivity contribution in [2.75, 3.05) is 0 Å². The van der Waals surface area contributed by atoms with Crippen LogP contribution in [0.5, 0.6) is 23.0 Å². The molecule has 0 amide bonds. The largest absolute Gasteiger partial charge is 0.435 e. The molecule has 8 heteroatoms. The van der Waals surface area contributed by atoms with E-state index >= 15 is 0 Å². The fourth-order valence-electron chi connectivity index (χ4n) is 6.04. The topological polar surface area (TPSA) is 36.9 Å². The molecule has 4 nitrogen and oxygen atoms in total. The van der Waals surface area contributed by atoms with E-state index in [1.807, 2.05) is 62.4 Å². The molecule has 0 spiro atoms. The van der Waals surface area contributed by atoms with Gasteiger partial charge < -0.3 is 18.1 Å². The molecule has 0 N–H and O–H groups in total. The molecule has 6 rings (SSSR count). The smallest absolute Gasteiger partial charge is 0.326 e. The standard InChI is InChI=1S/C44H42F2O4P2/c1-7-33-13-9-11-15-41(33)47-51(37-21-17-35(45)18-22-37)49-43-31(5)25-29(3)27-39(43)40-28-30(4)26-32(6)44(40)50-52(38-23-19-36(46)20-24-38)48-42-16-12-10-14-34(42)8-2/h9-28H,7-8H2,1-6H3. The summed E-state index contributed by atoms with van der Waals surface area (Å²) >= 11 is 0. The number of benzene rings is 6. The first-order chi connectivity index (χ1) is 25.1. The normalized spacial score (nSPS) is 12.2. The lowest BCUT2D eigenvalue weighted by atomic mass is 9.95. The molecule has 2 atom stereocenters. The summed E-state index contributed by atoms with van der Waals surface area (Å²) in [6, 6.07) is 36.7. The lowest BCUT2D eigenvalue weighted by Gasteiger charge is -2.26. The highest BCUT2D eigenvalue weighted by Gasteiger charge is 2.27. The predicted molar refractivity (Wildman–Crippen MR) is 211 cm³/mol. The molecule has 266 valence electrons. The molecular formula is C44H42F2O4P2. The van der Waals surface area contributed by atoms with Crippen LogP contribution in [0.2, 0.25) is 0 Å². The van der Waals surface area contributed by atoms with Gasteiger partial charge in [-0.15, -0.1) is 0 Å². The quantitative estimate of drug-likeness (QED) is 0.111. The van der Waals surface area contributed by atoms with Gasteiger partial charge in [-0.2, -0.15) is 0 Å². The van der Waals surface area contributed by atoms with Gasteiger partial charge in [0.25, 0.3) is 0 Å². The molecule has 0 aromatic heterocycles. The van der Waals surface area contributed by atoms with Gasteiger partial charge in [0.2, 0.25) is 0 Å². The Morgan fingerprint density at radius 3 is 1.19 bits per heavy atom. The maximum absolute atomic E-state index is 14.1. The minimum absolute atomic E-state index is 0.335. The molecule has 0 aliphatic heterocycles. The molecule has 0 saturated carbocycles. The van der Waals surface area contributed by atoms with Crippen LogP contribution in [0.15, 0.2) is 121 Å². The molecule has 0 fully saturated rings. The molecule has 6 aromatic carbocycles. The molecule has 0 bridgehead atoms. The number of hydrogen-bond acceptors (Lipinski definition) is 4. The monoisotopic (exact) mass is 734 g/mol. The van der Waals surface area contributed by atoms with Crippen molar-refractivity contribution in [2.24, 2.45) is 0 Å². The summed E-state index contributed by atoms with van der Waals surface area (Å²) in [6.45, 7) is 12.3. The minimum atomic E-state index is -1.76. The third-order valence-corrected chi connectivity index (χ3v) is 11.5. The summed E-state index contributed by atoms with van der Waals surface area (Å²) < 4.78 is 55.6. The maximum atomic E-state index is 14.1. The second-order valence-electron chi connectivity index (χ2n) is 12.7. The zero-order valence-corrected chi connectivity index (χ0v) is 32.0. The van der Waals surface area contributed by atoms with Gasteiger partial charge in [0.05, 0.1) is 10.6 Å². The highest BCUT2D eigenvalue weighted by atomic mass is 31.2. The Labute approximate surface area is 308 Å². The van der Waals surface area contributed by atoms with Crippen LogP contribution in [0, 0.1) is 39.3 Å². The molecule has 0 aliphatic carbocycles. The SMILES string of the molecule is CCc1ccccc1OP(Oc1c(C)cc(C)cc1-c1cc(C)cc(C)c1OP(Oc1ccccc1CC)c1ccc(F)cc1)c1ccc(F)cc1. The van der Waals surface area contributed by atoms with Crippen LogP contribution < -0.4 is 28.7 Å². The zero-order chi connectivity index (χ0) is 36.8. The van der Waals surface area contributed by atoms with Crippen molar-refractivity contribution in [3.05, 3.63) is 166 Å². The van der Waals surface area contributed by atoms with Crippen molar-refractivity contribution in [3.8, 4) is 34.1 Å². The van der Waals surface area contributed by atoms with Crippen molar-refractivity contribution >= 4 is 27.4 Å². The fourth-order valence-corrected chi connectivity index (χ4v) is 8.85.